The molecule has 5 heteroatoms. The molecule has 2 rings (SSSR count). The molecule has 1 amide bonds. The minimum absolute atomic E-state index is 0.176. The molecule has 0 aliphatic heterocycles. The number of hydrogen-bond donors (Lipinski definition) is 3. The fraction of sp³-hybridized carbons (Fsp3) is 0.467. The van der Waals surface area contributed by atoms with Crippen LogP contribution in [0.1, 0.15) is 41.6 Å². The number of carbonyl (C=O) groups excluding carboxylic acids is 1. The van der Waals surface area contributed by atoms with Crippen LogP contribution in [0.5, 0.6) is 0 Å². The molecule has 108 valence electrons. The largest absolute Gasteiger partial charge is 0.481 e. The normalized spacial score (nSPS) is 16.9. The standard InChI is InChI=1S/C15H20N2O3/c1-10-4-5-11(8-12(10)16)13(18)17-9-15(14(19)20)6-2-3-7-15/h4-5,8H,2-3,6-7,9,16H2,1H3,(H,17,18)(H,19,20). The lowest BCUT2D eigenvalue weighted by atomic mass is 9.86. The van der Waals surface area contributed by atoms with Crippen LogP contribution in [-0.4, -0.2) is 23.5 Å². The number of carboxylic acid groups (broad SMARTS) is 1. The molecule has 0 radical (unpaired) electrons. The van der Waals surface area contributed by atoms with Crippen molar-refractivity contribution in [3.8, 4) is 0 Å². The van der Waals surface area contributed by atoms with Crippen LogP contribution in [0.4, 0.5) is 5.69 Å². The van der Waals surface area contributed by atoms with Gasteiger partial charge in [-0.3, -0.25) is 9.59 Å². The van der Waals surface area contributed by atoms with E-state index in [4.69, 9.17) is 5.73 Å². The predicted octanol–water partition coefficient (Wildman–Crippen LogP) is 1.95. The van der Waals surface area contributed by atoms with Gasteiger partial charge >= 0.3 is 5.97 Å². The summed E-state index contributed by atoms with van der Waals surface area (Å²) in [6.07, 6.45) is 3.05. The first-order chi connectivity index (χ1) is 9.44. The van der Waals surface area contributed by atoms with Crippen LogP contribution >= 0.6 is 0 Å². The first-order valence-electron chi connectivity index (χ1n) is 6.82. The third-order valence-electron chi connectivity index (χ3n) is 4.14. The summed E-state index contributed by atoms with van der Waals surface area (Å²) in [6.45, 7) is 2.05. The predicted molar refractivity (Wildman–Crippen MR) is 76.5 cm³/mol. The molecule has 4 N–H and O–H groups in total. The first kappa shape index (κ1) is 14.4. The summed E-state index contributed by atoms with van der Waals surface area (Å²) in [5.41, 5.74) is 6.92. The van der Waals surface area contributed by atoms with Crippen LogP contribution in [0.2, 0.25) is 0 Å². The van der Waals surface area contributed by atoms with Gasteiger partial charge in [0, 0.05) is 17.8 Å². The van der Waals surface area contributed by atoms with Gasteiger partial charge in [-0.1, -0.05) is 18.9 Å². The summed E-state index contributed by atoms with van der Waals surface area (Å²) >= 11 is 0. The maximum absolute atomic E-state index is 12.1. The number of carboxylic acids is 1. The van der Waals surface area contributed by atoms with Crippen molar-refractivity contribution in [2.75, 3.05) is 12.3 Å². The Kier molecular flexibility index (Phi) is 3.97. The van der Waals surface area contributed by atoms with Gasteiger partial charge in [0.1, 0.15) is 0 Å². The van der Waals surface area contributed by atoms with E-state index < -0.39 is 11.4 Å². The second-order valence-electron chi connectivity index (χ2n) is 5.55. The molecule has 0 saturated heterocycles. The lowest BCUT2D eigenvalue weighted by Gasteiger charge is -2.24. The topological polar surface area (TPSA) is 92.4 Å². The Hall–Kier alpha value is -2.04. The van der Waals surface area contributed by atoms with Crippen LogP contribution < -0.4 is 11.1 Å². The molecule has 0 unspecified atom stereocenters. The van der Waals surface area contributed by atoms with Gasteiger partial charge in [-0.15, -0.1) is 0 Å². The molecule has 0 heterocycles. The molecular weight excluding hydrogens is 256 g/mol. The zero-order valence-electron chi connectivity index (χ0n) is 11.6. The van der Waals surface area contributed by atoms with E-state index in [0.29, 0.717) is 24.1 Å². The van der Waals surface area contributed by atoms with Crippen molar-refractivity contribution in [2.24, 2.45) is 5.41 Å². The fourth-order valence-corrected chi connectivity index (χ4v) is 2.65. The van der Waals surface area contributed by atoms with E-state index >= 15 is 0 Å². The van der Waals surface area contributed by atoms with E-state index in [0.717, 1.165) is 18.4 Å². The number of carbonyl (C=O) groups is 2. The lowest BCUT2D eigenvalue weighted by molar-refractivity contribution is -0.148. The average Bonchev–Trinajstić information content (AvgIpc) is 2.89. The highest BCUT2D eigenvalue weighted by molar-refractivity contribution is 5.95. The summed E-state index contributed by atoms with van der Waals surface area (Å²) in [4.78, 5) is 23.5. The zero-order chi connectivity index (χ0) is 14.8. The van der Waals surface area contributed by atoms with Crippen LogP contribution in [0.25, 0.3) is 0 Å². The molecule has 0 atom stereocenters. The van der Waals surface area contributed by atoms with Crippen molar-refractivity contribution in [1.29, 1.82) is 0 Å². The maximum Gasteiger partial charge on any atom is 0.311 e. The highest BCUT2D eigenvalue weighted by Crippen LogP contribution is 2.37. The Morgan fingerprint density at radius 2 is 2.00 bits per heavy atom. The number of nitrogens with two attached hydrogens (primary N) is 1. The van der Waals surface area contributed by atoms with Crippen LogP contribution in [-0.2, 0) is 4.79 Å². The van der Waals surface area contributed by atoms with Crippen molar-refractivity contribution in [3.05, 3.63) is 29.3 Å². The molecule has 1 aromatic rings. The van der Waals surface area contributed by atoms with E-state index in [1.54, 1.807) is 18.2 Å². The summed E-state index contributed by atoms with van der Waals surface area (Å²) in [7, 11) is 0. The van der Waals surface area contributed by atoms with Crippen molar-refractivity contribution in [2.45, 2.75) is 32.6 Å². The van der Waals surface area contributed by atoms with Crippen molar-refractivity contribution in [1.82, 2.24) is 5.32 Å². The highest BCUT2D eigenvalue weighted by atomic mass is 16.4. The number of rotatable bonds is 4. The molecule has 1 aliphatic rings. The molecule has 1 aliphatic carbocycles. The van der Waals surface area contributed by atoms with Gasteiger partial charge in [-0.05, 0) is 37.5 Å². The number of nitrogens with one attached hydrogen (secondary N) is 1. The van der Waals surface area contributed by atoms with Crippen molar-refractivity contribution >= 4 is 17.6 Å². The maximum atomic E-state index is 12.1. The Labute approximate surface area is 118 Å². The quantitative estimate of drug-likeness (QED) is 0.733. The third-order valence-corrected chi connectivity index (χ3v) is 4.14. The van der Waals surface area contributed by atoms with Crippen LogP contribution in [0, 0.1) is 12.3 Å². The highest BCUT2D eigenvalue weighted by Gasteiger charge is 2.41. The van der Waals surface area contributed by atoms with E-state index in [1.165, 1.54) is 0 Å². The number of aryl methyl sites for hydroxylation is 1. The van der Waals surface area contributed by atoms with E-state index in [-0.39, 0.29) is 12.5 Å². The summed E-state index contributed by atoms with van der Waals surface area (Å²) in [6, 6.07) is 5.10. The number of amides is 1. The van der Waals surface area contributed by atoms with Gasteiger partial charge in [0.15, 0.2) is 0 Å². The number of aliphatic carboxylic acids is 1. The third kappa shape index (κ3) is 2.76. The van der Waals surface area contributed by atoms with Crippen molar-refractivity contribution in [3.63, 3.8) is 0 Å². The van der Waals surface area contributed by atoms with E-state index in [2.05, 4.69) is 5.32 Å². The minimum Gasteiger partial charge on any atom is -0.481 e. The van der Waals surface area contributed by atoms with Crippen molar-refractivity contribution < 1.29 is 14.7 Å². The Balaban J connectivity index is 2.04. The molecule has 1 aromatic carbocycles. The molecule has 5 nitrogen and oxygen atoms in total. The number of nitrogen functional groups attached to an aromatic ring is 1. The summed E-state index contributed by atoms with van der Waals surface area (Å²) in [5.74, 6) is -1.09. The zero-order valence-corrected chi connectivity index (χ0v) is 11.6. The summed E-state index contributed by atoms with van der Waals surface area (Å²) in [5, 5.41) is 12.1. The second-order valence-corrected chi connectivity index (χ2v) is 5.55. The van der Waals surface area contributed by atoms with Gasteiger partial charge in [0.2, 0.25) is 0 Å². The van der Waals surface area contributed by atoms with Gasteiger partial charge in [0.25, 0.3) is 5.91 Å². The van der Waals surface area contributed by atoms with Crippen LogP contribution in [0.3, 0.4) is 0 Å². The summed E-state index contributed by atoms with van der Waals surface area (Å²) < 4.78 is 0. The Morgan fingerprint density at radius 1 is 1.35 bits per heavy atom. The SMILES string of the molecule is Cc1ccc(C(=O)NCC2(C(=O)O)CCCC2)cc1N. The molecule has 0 spiro atoms. The Morgan fingerprint density at radius 3 is 2.55 bits per heavy atom. The van der Waals surface area contributed by atoms with Gasteiger partial charge < -0.3 is 16.2 Å². The first-order valence-corrected chi connectivity index (χ1v) is 6.82. The average molecular weight is 276 g/mol. The molecule has 20 heavy (non-hydrogen) atoms. The molecular formula is C15H20N2O3. The molecule has 0 aromatic heterocycles. The molecule has 1 fully saturated rings. The van der Waals surface area contributed by atoms with Crippen LogP contribution in [0.15, 0.2) is 18.2 Å². The van der Waals surface area contributed by atoms with Gasteiger partial charge in [-0.25, -0.2) is 0 Å². The number of anilines is 1. The smallest absolute Gasteiger partial charge is 0.311 e. The lowest BCUT2D eigenvalue weighted by Crippen LogP contribution is -2.41. The number of hydrogen-bond acceptors (Lipinski definition) is 3. The van der Waals surface area contributed by atoms with E-state index in [1.807, 2.05) is 6.92 Å². The van der Waals surface area contributed by atoms with Gasteiger partial charge in [0.05, 0.1) is 5.41 Å². The molecule has 1 saturated carbocycles. The minimum atomic E-state index is -0.821. The molecule has 0 bridgehead atoms. The Bertz CT molecular complexity index is 534. The van der Waals surface area contributed by atoms with Gasteiger partial charge in [-0.2, -0.15) is 0 Å². The van der Waals surface area contributed by atoms with E-state index in [9.17, 15) is 14.7 Å². The second kappa shape index (κ2) is 5.53. The fourth-order valence-electron chi connectivity index (χ4n) is 2.65. The monoisotopic (exact) mass is 276 g/mol. The number of benzene rings is 1.